The van der Waals surface area contributed by atoms with Crippen LogP contribution >= 0.6 is 0 Å². The highest BCUT2D eigenvalue weighted by Crippen LogP contribution is 2.28. The molecular formula is C20H19N3O2. The van der Waals surface area contributed by atoms with E-state index in [1.807, 2.05) is 73.7 Å². The van der Waals surface area contributed by atoms with Gasteiger partial charge in [-0.3, -0.25) is 4.79 Å². The number of hydrogen-bond acceptors (Lipinski definition) is 3. The van der Waals surface area contributed by atoms with E-state index in [2.05, 4.69) is 10.4 Å². The van der Waals surface area contributed by atoms with E-state index in [0.29, 0.717) is 0 Å². The molecule has 0 bridgehead atoms. The Morgan fingerprint density at radius 3 is 2.28 bits per heavy atom. The summed E-state index contributed by atoms with van der Waals surface area (Å²) in [5, 5.41) is 7.69. The molecule has 3 amide bonds. The lowest BCUT2D eigenvalue weighted by molar-refractivity contribution is -0.131. The Balaban J connectivity index is 1.80. The molecule has 25 heavy (non-hydrogen) atoms. The highest BCUT2D eigenvalue weighted by atomic mass is 16.2. The summed E-state index contributed by atoms with van der Waals surface area (Å²) in [5.74, 6) is -0.396. The van der Waals surface area contributed by atoms with Crippen LogP contribution in [0.1, 0.15) is 25.0 Å². The quantitative estimate of drug-likeness (QED) is 0.687. The zero-order chi connectivity index (χ0) is 17.9. The third-order valence-corrected chi connectivity index (χ3v) is 4.09. The molecule has 2 aromatic rings. The number of allylic oxidation sites excluding steroid dienone is 1. The maximum atomic E-state index is 12.7. The Hall–Kier alpha value is -3.21. The molecule has 5 nitrogen and oxygen atoms in total. The average molecular weight is 333 g/mol. The number of amides is 3. The molecule has 1 fully saturated rings. The molecule has 1 heterocycles. The summed E-state index contributed by atoms with van der Waals surface area (Å²) < 4.78 is 0. The second-order valence-electron chi connectivity index (χ2n) is 6.08. The molecule has 1 aliphatic rings. The number of hydrogen-bond donors (Lipinski definition) is 1. The molecule has 0 spiro atoms. The average Bonchev–Trinajstić information content (AvgIpc) is 2.85. The predicted octanol–water partition coefficient (Wildman–Crippen LogP) is 3.54. The molecule has 1 atom stereocenters. The fraction of sp³-hybridized carbons (Fsp3) is 0.150. The fourth-order valence-electron chi connectivity index (χ4n) is 2.69. The van der Waals surface area contributed by atoms with Crippen molar-refractivity contribution in [2.45, 2.75) is 19.4 Å². The first kappa shape index (κ1) is 16.6. The van der Waals surface area contributed by atoms with Crippen LogP contribution in [-0.4, -0.2) is 23.2 Å². The molecule has 5 heteroatoms. The van der Waals surface area contributed by atoms with Crippen LogP contribution in [0.15, 0.2) is 71.3 Å². The van der Waals surface area contributed by atoms with Gasteiger partial charge in [-0.15, -0.1) is 5.01 Å². The van der Waals surface area contributed by atoms with E-state index in [4.69, 9.17) is 0 Å². The van der Waals surface area contributed by atoms with Crippen molar-refractivity contribution >= 4 is 24.2 Å². The predicted molar refractivity (Wildman–Crippen MR) is 97.8 cm³/mol. The van der Waals surface area contributed by atoms with E-state index >= 15 is 0 Å². The summed E-state index contributed by atoms with van der Waals surface area (Å²) in [6.07, 6.45) is 3.44. The summed E-state index contributed by atoms with van der Waals surface area (Å²) in [6.45, 7) is 3.55. The molecule has 1 aliphatic heterocycles. The van der Waals surface area contributed by atoms with Gasteiger partial charge in [-0.25, -0.2) is 4.79 Å². The summed E-state index contributed by atoms with van der Waals surface area (Å²) >= 11 is 0. The smallest absolute Gasteiger partial charge is 0.318 e. The second kappa shape index (κ2) is 6.73. The van der Waals surface area contributed by atoms with E-state index in [9.17, 15) is 9.59 Å². The van der Waals surface area contributed by atoms with Crippen LogP contribution in [0.25, 0.3) is 6.08 Å². The van der Waals surface area contributed by atoms with Gasteiger partial charge in [-0.1, -0.05) is 66.7 Å². The lowest BCUT2D eigenvalue weighted by atomic mass is 9.92. The zero-order valence-electron chi connectivity index (χ0n) is 14.1. The van der Waals surface area contributed by atoms with Crippen molar-refractivity contribution in [2.24, 2.45) is 5.10 Å². The van der Waals surface area contributed by atoms with E-state index in [1.54, 1.807) is 6.92 Å². The first-order chi connectivity index (χ1) is 12.0. The zero-order valence-corrected chi connectivity index (χ0v) is 14.1. The lowest BCUT2D eigenvalue weighted by Crippen LogP contribution is -2.40. The number of imide groups is 1. The highest BCUT2D eigenvalue weighted by molar-refractivity contribution is 6.07. The maximum absolute atomic E-state index is 12.7. The molecule has 2 aromatic carbocycles. The SMILES string of the molecule is CC(/C=N\N1C(=O)N[C@](C)(c2ccccc2)C1=O)=C\c1ccccc1. The summed E-state index contributed by atoms with van der Waals surface area (Å²) in [4.78, 5) is 24.9. The number of urea groups is 1. The first-order valence-electron chi connectivity index (χ1n) is 8.00. The van der Waals surface area contributed by atoms with Crippen LogP contribution in [0, 0.1) is 0 Å². The van der Waals surface area contributed by atoms with Crippen molar-refractivity contribution in [3.8, 4) is 0 Å². The number of rotatable bonds is 4. The number of hydrazone groups is 1. The van der Waals surface area contributed by atoms with Gasteiger partial charge in [-0.05, 0) is 30.5 Å². The number of nitrogens with one attached hydrogen (secondary N) is 1. The molecule has 1 saturated heterocycles. The first-order valence-corrected chi connectivity index (χ1v) is 8.00. The van der Waals surface area contributed by atoms with Gasteiger partial charge in [0.25, 0.3) is 5.91 Å². The molecule has 126 valence electrons. The van der Waals surface area contributed by atoms with Gasteiger partial charge >= 0.3 is 6.03 Å². The fourth-order valence-corrected chi connectivity index (χ4v) is 2.69. The Morgan fingerprint density at radius 1 is 1.04 bits per heavy atom. The Morgan fingerprint density at radius 2 is 1.64 bits per heavy atom. The second-order valence-corrected chi connectivity index (χ2v) is 6.08. The van der Waals surface area contributed by atoms with Crippen LogP contribution in [0.5, 0.6) is 0 Å². The lowest BCUT2D eigenvalue weighted by Gasteiger charge is -2.20. The van der Waals surface area contributed by atoms with Gasteiger partial charge < -0.3 is 5.32 Å². The molecule has 0 aliphatic carbocycles. The molecule has 0 aromatic heterocycles. The van der Waals surface area contributed by atoms with Gasteiger partial charge in [0.2, 0.25) is 0 Å². The van der Waals surface area contributed by atoms with E-state index in [1.165, 1.54) is 6.21 Å². The van der Waals surface area contributed by atoms with Crippen molar-refractivity contribution in [3.05, 3.63) is 77.4 Å². The van der Waals surface area contributed by atoms with Gasteiger partial charge in [0.15, 0.2) is 0 Å². The minimum absolute atomic E-state index is 0.396. The van der Waals surface area contributed by atoms with Gasteiger partial charge in [0, 0.05) is 0 Å². The van der Waals surface area contributed by atoms with Crippen LogP contribution in [0.4, 0.5) is 4.79 Å². The topological polar surface area (TPSA) is 61.8 Å². The van der Waals surface area contributed by atoms with Crippen molar-refractivity contribution in [1.82, 2.24) is 10.3 Å². The Kier molecular flexibility index (Phi) is 4.48. The van der Waals surface area contributed by atoms with Gasteiger partial charge in [0.1, 0.15) is 5.54 Å². The minimum atomic E-state index is -1.10. The van der Waals surface area contributed by atoms with E-state index < -0.39 is 17.5 Å². The maximum Gasteiger partial charge on any atom is 0.346 e. The largest absolute Gasteiger partial charge is 0.346 e. The molecule has 3 rings (SSSR count). The molecule has 0 unspecified atom stereocenters. The van der Waals surface area contributed by atoms with Crippen LogP contribution < -0.4 is 5.32 Å². The Bertz CT molecular complexity index is 844. The third kappa shape index (κ3) is 3.35. The summed E-state index contributed by atoms with van der Waals surface area (Å²) in [6, 6.07) is 18.4. The summed E-state index contributed by atoms with van der Waals surface area (Å²) in [7, 11) is 0. The van der Waals surface area contributed by atoms with E-state index in [-0.39, 0.29) is 0 Å². The van der Waals surface area contributed by atoms with Crippen LogP contribution in [0.2, 0.25) is 0 Å². The standard InChI is InChI=1S/C20H19N3O2/c1-15(13-16-9-5-3-6-10-16)14-21-23-18(24)20(2,22-19(23)25)17-11-7-4-8-12-17/h3-14H,1-2H3,(H,22,25)/b15-13+,21-14-/t20-/m1/s1. The van der Waals surface area contributed by atoms with Crippen molar-refractivity contribution in [2.75, 3.05) is 0 Å². The van der Waals surface area contributed by atoms with Gasteiger partial charge in [-0.2, -0.15) is 5.10 Å². The van der Waals surface area contributed by atoms with Crippen LogP contribution in [-0.2, 0) is 10.3 Å². The van der Waals surface area contributed by atoms with Gasteiger partial charge in [0.05, 0.1) is 6.21 Å². The summed E-state index contributed by atoms with van der Waals surface area (Å²) in [5.41, 5.74) is 1.48. The Labute approximate surface area is 146 Å². The van der Waals surface area contributed by atoms with E-state index in [0.717, 1.165) is 21.7 Å². The number of nitrogens with zero attached hydrogens (tertiary/aromatic N) is 2. The highest BCUT2D eigenvalue weighted by Gasteiger charge is 2.49. The van der Waals surface area contributed by atoms with Crippen LogP contribution in [0.3, 0.4) is 0 Å². The number of benzene rings is 2. The molecule has 1 N–H and O–H groups in total. The molecular weight excluding hydrogens is 314 g/mol. The number of carbonyl (C=O) groups is 2. The third-order valence-electron chi connectivity index (χ3n) is 4.09. The number of carbonyl (C=O) groups excluding carboxylic acids is 2. The molecule has 0 saturated carbocycles. The van der Waals surface area contributed by atoms with Crippen molar-refractivity contribution in [1.29, 1.82) is 0 Å². The normalized spacial score (nSPS) is 21.0. The minimum Gasteiger partial charge on any atom is -0.318 e. The van der Waals surface area contributed by atoms with Crippen molar-refractivity contribution < 1.29 is 9.59 Å². The monoisotopic (exact) mass is 333 g/mol. The van der Waals surface area contributed by atoms with Crippen molar-refractivity contribution in [3.63, 3.8) is 0 Å². The molecule has 0 radical (unpaired) electrons.